The van der Waals surface area contributed by atoms with Crippen LogP contribution in [0.25, 0.3) is 0 Å². The quantitative estimate of drug-likeness (QED) is 0.707. The number of hydrogen-bond acceptors (Lipinski definition) is 1. The van der Waals surface area contributed by atoms with Crippen molar-refractivity contribution in [1.29, 1.82) is 0 Å². The van der Waals surface area contributed by atoms with Gasteiger partial charge in [-0.25, -0.2) is 0 Å². The molecule has 0 fully saturated rings. The first-order valence-corrected chi connectivity index (χ1v) is 6.90. The van der Waals surface area contributed by atoms with Crippen molar-refractivity contribution in [2.45, 2.75) is 53.4 Å². The highest BCUT2D eigenvalue weighted by Gasteiger charge is 2.17. The zero-order valence-electron chi connectivity index (χ0n) is 12.2. The topological polar surface area (TPSA) is 3.24 Å². The molecular weight excluding hydrogens is 206 g/mol. The maximum Gasteiger partial charge on any atom is 0.0436 e. The van der Waals surface area contributed by atoms with Gasteiger partial charge in [-0.3, -0.25) is 0 Å². The Balaban J connectivity index is 3.37. The highest BCUT2D eigenvalue weighted by molar-refractivity contribution is 5.62. The Morgan fingerprint density at radius 1 is 0.882 bits per heavy atom. The molecule has 0 heterocycles. The van der Waals surface area contributed by atoms with Crippen LogP contribution in [0.15, 0.2) is 18.2 Å². The van der Waals surface area contributed by atoms with Gasteiger partial charge in [-0.05, 0) is 36.8 Å². The predicted molar refractivity (Wildman–Crippen MR) is 78.2 cm³/mol. The Hall–Kier alpha value is -0.980. The minimum atomic E-state index is 0.587. The Labute approximate surface area is 107 Å². The van der Waals surface area contributed by atoms with Crippen LogP contribution in [0.1, 0.15) is 64.5 Å². The molecule has 1 heteroatoms. The Kier molecular flexibility index (Phi) is 5.04. The molecule has 0 saturated heterocycles. The molecule has 0 radical (unpaired) electrons. The summed E-state index contributed by atoms with van der Waals surface area (Å²) in [6.07, 6.45) is 0. The fourth-order valence-electron chi connectivity index (χ4n) is 2.42. The van der Waals surface area contributed by atoms with Crippen molar-refractivity contribution in [2.24, 2.45) is 0 Å². The van der Waals surface area contributed by atoms with Crippen LogP contribution in [-0.2, 0) is 0 Å². The lowest BCUT2D eigenvalue weighted by molar-refractivity contribution is 0.784. The summed E-state index contributed by atoms with van der Waals surface area (Å²) in [4.78, 5) is 2.49. The van der Waals surface area contributed by atoms with Gasteiger partial charge in [0, 0.05) is 18.8 Å². The van der Waals surface area contributed by atoms with E-state index in [2.05, 4.69) is 64.6 Å². The monoisotopic (exact) mass is 233 g/mol. The largest absolute Gasteiger partial charge is 0.372 e. The fraction of sp³-hybridized carbons (Fsp3) is 0.625. The van der Waals surface area contributed by atoms with Gasteiger partial charge < -0.3 is 4.90 Å². The van der Waals surface area contributed by atoms with Gasteiger partial charge in [0.25, 0.3) is 0 Å². The fourth-order valence-corrected chi connectivity index (χ4v) is 2.42. The predicted octanol–water partition coefficient (Wildman–Crippen LogP) is 4.78. The third-order valence-corrected chi connectivity index (χ3v) is 3.42. The normalized spacial score (nSPS) is 11.3. The third-order valence-electron chi connectivity index (χ3n) is 3.42. The van der Waals surface area contributed by atoms with Gasteiger partial charge in [-0.15, -0.1) is 0 Å². The van der Waals surface area contributed by atoms with Crippen LogP contribution in [0.4, 0.5) is 5.69 Å². The standard InChI is InChI=1S/C16H27N/c1-7-17(8-2)16-14(12(3)4)10-9-11-15(16)13(5)6/h9-13H,7-8H2,1-6H3. The Morgan fingerprint density at radius 2 is 1.29 bits per heavy atom. The van der Waals surface area contributed by atoms with E-state index >= 15 is 0 Å². The molecule has 0 bridgehead atoms. The molecule has 0 aliphatic heterocycles. The number of hydrogen-bond donors (Lipinski definition) is 0. The molecule has 0 aromatic heterocycles. The van der Waals surface area contributed by atoms with Crippen molar-refractivity contribution in [2.75, 3.05) is 18.0 Å². The van der Waals surface area contributed by atoms with E-state index < -0.39 is 0 Å². The van der Waals surface area contributed by atoms with Crippen LogP contribution in [-0.4, -0.2) is 13.1 Å². The zero-order valence-corrected chi connectivity index (χ0v) is 12.2. The molecule has 0 atom stereocenters. The molecule has 17 heavy (non-hydrogen) atoms. The van der Waals surface area contributed by atoms with Crippen molar-refractivity contribution >= 4 is 5.69 Å². The first kappa shape index (κ1) is 14.1. The van der Waals surface area contributed by atoms with E-state index in [1.807, 2.05) is 0 Å². The summed E-state index contributed by atoms with van der Waals surface area (Å²) in [5, 5.41) is 0. The summed E-state index contributed by atoms with van der Waals surface area (Å²) >= 11 is 0. The van der Waals surface area contributed by atoms with E-state index in [1.54, 1.807) is 0 Å². The van der Waals surface area contributed by atoms with Crippen LogP contribution in [0.2, 0.25) is 0 Å². The molecule has 1 aromatic carbocycles. The van der Waals surface area contributed by atoms with Gasteiger partial charge in [0.05, 0.1) is 0 Å². The van der Waals surface area contributed by atoms with Crippen molar-refractivity contribution in [3.05, 3.63) is 29.3 Å². The molecule has 0 unspecified atom stereocenters. The average Bonchev–Trinajstić information content (AvgIpc) is 2.30. The van der Waals surface area contributed by atoms with Gasteiger partial charge in [-0.2, -0.15) is 0 Å². The summed E-state index contributed by atoms with van der Waals surface area (Å²) in [6.45, 7) is 15.8. The Morgan fingerprint density at radius 3 is 1.59 bits per heavy atom. The van der Waals surface area contributed by atoms with Crippen LogP contribution in [0.3, 0.4) is 0 Å². The second-order valence-electron chi connectivity index (χ2n) is 5.27. The molecule has 1 rings (SSSR count). The highest BCUT2D eigenvalue weighted by Crippen LogP contribution is 2.35. The second-order valence-corrected chi connectivity index (χ2v) is 5.27. The summed E-state index contributed by atoms with van der Waals surface area (Å²) < 4.78 is 0. The molecule has 0 aliphatic rings. The second kappa shape index (κ2) is 6.09. The van der Waals surface area contributed by atoms with Crippen molar-refractivity contribution in [3.63, 3.8) is 0 Å². The summed E-state index contributed by atoms with van der Waals surface area (Å²) in [7, 11) is 0. The lowest BCUT2D eigenvalue weighted by atomic mass is 9.92. The summed E-state index contributed by atoms with van der Waals surface area (Å²) in [5.41, 5.74) is 4.45. The molecule has 0 N–H and O–H groups in total. The lowest BCUT2D eigenvalue weighted by Gasteiger charge is -2.29. The van der Waals surface area contributed by atoms with E-state index in [1.165, 1.54) is 16.8 Å². The van der Waals surface area contributed by atoms with Crippen LogP contribution in [0.5, 0.6) is 0 Å². The van der Waals surface area contributed by atoms with E-state index in [4.69, 9.17) is 0 Å². The molecule has 96 valence electrons. The summed E-state index contributed by atoms with van der Waals surface area (Å²) in [6, 6.07) is 6.77. The van der Waals surface area contributed by atoms with Crippen LogP contribution >= 0.6 is 0 Å². The molecule has 0 amide bonds. The Bertz CT molecular complexity index is 322. The molecule has 0 saturated carbocycles. The number of para-hydroxylation sites is 1. The number of benzene rings is 1. The van der Waals surface area contributed by atoms with Gasteiger partial charge >= 0.3 is 0 Å². The van der Waals surface area contributed by atoms with E-state index in [0.717, 1.165) is 13.1 Å². The van der Waals surface area contributed by atoms with Gasteiger partial charge in [-0.1, -0.05) is 45.9 Å². The first-order valence-electron chi connectivity index (χ1n) is 6.90. The maximum atomic E-state index is 2.49. The molecule has 1 aromatic rings. The smallest absolute Gasteiger partial charge is 0.0436 e. The number of rotatable bonds is 5. The minimum Gasteiger partial charge on any atom is -0.372 e. The lowest BCUT2D eigenvalue weighted by Crippen LogP contribution is -2.25. The van der Waals surface area contributed by atoms with E-state index in [0.29, 0.717) is 11.8 Å². The van der Waals surface area contributed by atoms with E-state index in [9.17, 15) is 0 Å². The highest BCUT2D eigenvalue weighted by atomic mass is 15.1. The van der Waals surface area contributed by atoms with Gasteiger partial charge in [0.1, 0.15) is 0 Å². The van der Waals surface area contributed by atoms with Gasteiger partial charge in [0.15, 0.2) is 0 Å². The molecule has 0 aliphatic carbocycles. The van der Waals surface area contributed by atoms with Crippen molar-refractivity contribution < 1.29 is 0 Å². The molecule has 0 spiro atoms. The minimum absolute atomic E-state index is 0.587. The number of nitrogens with zero attached hydrogens (tertiary/aromatic N) is 1. The first-order chi connectivity index (χ1) is 8.02. The SMILES string of the molecule is CCN(CC)c1c(C(C)C)cccc1C(C)C. The van der Waals surface area contributed by atoms with E-state index in [-0.39, 0.29) is 0 Å². The van der Waals surface area contributed by atoms with Crippen LogP contribution in [0, 0.1) is 0 Å². The molecular formula is C16H27N. The average molecular weight is 233 g/mol. The maximum absolute atomic E-state index is 2.49. The zero-order chi connectivity index (χ0) is 13.0. The molecule has 1 nitrogen and oxygen atoms in total. The third kappa shape index (κ3) is 3.02. The van der Waals surface area contributed by atoms with Crippen molar-refractivity contribution in [1.82, 2.24) is 0 Å². The van der Waals surface area contributed by atoms with Crippen LogP contribution < -0.4 is 4.90 Å². The summed E-state index contributed by atoms with van der Waals surface area (Å²) in [5.74, 6) is 1.17. The van der Waals surface area contributed by atoms with Crippen molar-refractivity contribution in [3.8, 4) is 0 Å². The van der Waals surface area contributed by atoms with Gasteiger partial charge in [0.2, 0.25) is 0 Å². The number of anilines is 1.